The van der Waals surface area contributed by atoms with Crippen LogP contribution >= 0.6 is 0 Å². The maximum Gasteiger partial charge on any atom is 0.200 e. The van der Waals surface area contributed by atoms with Gasteiger partial charge >= 0.3 is 0 Å². The van der Waals surface area contributed by atoms with Gasteiger partial charge in [0.15, 0.2) is 5.65 Å². The average molecular weight is 296 g/mol. The van der Waals surface area contributed by atoms with Gasteiger partial charge in [0.1, 0.15) is 5.82 Å². The third-order valence-electron chi connectivity index (χ3n) is 3.61. The minimum atomic E-state index is 0.196. The molecule has 0 saturated carbocycles. The quantitative estimate of drug-likeness (QED) is 0.801. The molecule has 1 N–H and O–H groups in total. The highest BCUT2D eigenvalue weighted by Gasteiger charge is 2.12. The molecule has 3 rings (SSSR count). The molecule has 0 aliphatic heterocycles. The van der Waals surface area contributed by atoms with E-state index in [9.17, 15) is 0 Å². The molecule has 0 bridgehead atoms. The van der Waals surface area contributed by atoms with Gasteiger partial charge in [0.05, 0.1) is 0 Å². The van der Waals surface area contributed by atoms with Crippen LogP contribution in [0, 0.1) is 0 Å². The molecule has 0 atom stereocenters. The predicted octanol–water partition coefficient (Wildman–Crippen LogP) is 2.47. The van der Waals surface area contributed by atoms with E-state index >= 15 is 0 Å². The van der Waals surface area contributed by atoms with Crippen molar-refractivity contribution in [3.63, 3.8) is 0 Å². The highest BCUT2D eigenvalue weighted by atomic mass is 15.6. The monoisotopic (exact) mass is 296 g/mol. The molecule has 0 amide bonds. The number of aromatic nitrogens is 5. The lowest BCUT2D eigenvalue weighted by molar-refractivity contribution is 0.590. The zero-order valence-electron chi connectivity index (χ0n) is 13.1. The van der Waals surface area contributed by atoms with Crippen molar-refractivity contribution in [2.75, 3.05) is 11.9 Å². The van der Waals surface area contributed by atoms with Gasteiger partial charge in [-0.15, -0.1) is 14.8 Å². The summed E-state index contributed by atoms with van der Waals surface area (Å²) in [5.74, 6) is 0.770. The van der Waals surface area contributed by atoms with Crippen LogP contribution in [0.5, 0.6) is 0 Å². The van der Waals surface area contributed by atoms with Crippen LogP contribution in [0.3, 0.4) is 0 Å². The standard InChI is InChI=1S/C16H20N6/c1-16(2,3)13-6-4-12(5-7-13)10-11-17-14-8-9-15-18-20-21-22(15)19-14/h4-9H,10-11H2,1-3H3,(H,17,19). The molecule has 1 aromatic carbocycles. The summed E-state index contributed by atoms with van der Waals surface area (Å²) in [7, 11) is 0. The smallest absolute Gasteiger partial charge is 0.200 e. The second-order valence-electron chi connectivity index (χ2n) is 6.37. The molecule has 0 spiro atoms. The topological polar surface area (TPSA) is 68.0 Å². The van der Waals surface area contributed by atoms with Gasteiger partial charge in [-0.1, -0.05) is 45.0 Å². The molecule has 3 aromatic rings. The van der Waals surface area contributed by atoms with Gasteiger partial charge in [-0.2, -0.15) is 0 Å². The number of hydrogen-bond donors (Lipinski definition) is 1. The Bertz CT molecular complexity index is 754. The van der Waals surface area contributed by atoms with Crippen LogP contribution in [0.25, 0.3) is 5.65 Å². The molecule has 0 aliphatic rings. The Hall–Kier alpha value is -2.50. The molecule has 0 unspecified atom stereocenters. The van der Waals surface area contributed by atoms with E-state index in [1.807, 2.05) is 12.1 Å². The van der Waals surface area contributed by atoms with Gasteiger partial charge in [0.25, 0.3) is 0 Å². The second-order valence-corrected chi connectivity index (χ2v) is 6.37. The van der Waals surface area contributed by atoms with Gasteiger partial charge in [-0.3, -0.25) is 0 Å². The Morgan fingerprint density at radius 2 is 1.82 bits per heavy atom. The molecule has 22 heavy (non-hydrogen) atoms. The Labute approximate surface area is 129 Å². The van der Waals surface area contributed by atoms with Crippen LogP contribution in [0.4, 0.5) is 5.82 Å². The Balaban J connectivity index is 1.58. The fraction of sp³-hybridized carbons (Fsp3) is 0.375. The third-order valence-corrected chi connectivity index (χ3v) is 3.61. The summed E-state index contributed by atoms with van der Waals surface area (Å²) < 4.78 is 1.42. The molecule has 6 heteroatoms. The molecule has 2 heterocycles. The van der Waals surface area contributed by atoms with E-state index in [4.69, 9.17) is 0 Å². The van der Waals surface area contributed by atoms with E-state index in [2.05, 4.69) is 71.0 Å². The summed E-state index contributed by atoms with van der Waals surface area (Å²) in [5, 5.41) is 18.8. The lowest BCUT2D eigenvalue weighted by Gasteiger charge is -2.19. The Morgan fingerprint density at radius 1 is 1.05 bits per heavy atom. The van der Waals surface area contributed by atoms with Crippen molar-refractivity contribution in [3.8, 4) is 0 Å². The zero-order valence-corrected chi connectivity index (χ0v) is 13.1. The number of anilines is 1. The van der Waals surface area contributed by atoms with E-state index < -0.39 is 0 Å². The first kappa shape index (κ1) is 14.4. The molecular formula is C16H20N6. The summed E-state index contributed by atoms with van der Waals surface area (Å²) in [6.07, 6.45) is 0.944. The molecule has 0 aliphatic carbocycles. The number of hydrogen-bond acceptors (Lipinski definition) is 5. The van der Waals surface area contributed by atoms with E-state index in [0.717, 1.165) is 18.8 Å². The maximum absolute atomic E-state index is 4.28. The predicted molar refractivity (Wildman–Crippen MR) is 85.9 cm³/mol. The van der Waals surface area contributed by atoms with Crippen molar-refractivity contribution < 1.29 is 0 Å². The number of fused-ring (bicyclic) bond motifs is 1. The average Bonchev–Trinajstić information content (AvgIpc) is 2.94. The zero-order chi connectivity index (χ0) is 15.6. The molecule has 0 saturated heterocycles. The lowest BCUT2D eigenvalue weighted by atomic mass is 9.86. The number of tetrazole rings is 1. The van der Waals surface area contributed by atoms with E-state index in [1.165, 1.54) is 15.8 Å². The first-order valence-electron chi connectivity index (χ1n) is 7.41. The fourth-order valence-corrected chi connectivity index (χ4v) is 2.25. The Morgan fingerprint density at radius 3 is 2.55 bits per heavy atom. The molecular weight excluding hydrogens is 276 g/mol. The largest absolute Gasteiger partial charge is 0.368 e. The summed E-state index contributed by atoms with van der Waals surface area (Å²) in [4.78, 5) is 0. The van der Waals surface area contributed by atoms with Gasteiger partial charge in [0.2, 0.25) is 0 Å². The van der Waals surface area contributed by atoms with Gasteiger partial charge in [-0.05, 0) is 45.5 Å². The van der Waals surface area contributed by atoms with Crippen molar-refractivity contribution >= 4 is 11.5 Å². The SMILES string of the molecule is CC(C)(C)c1ccc(CCNc2ccc3nnnn3n2)cc1. The van der Waals surface area contributed by atoms with Crippen molar-refractivity contribution in [2.45, 2.75) is 32.6 Å². The highest BCUT2D eigenvalue weighted by molar-refractivity contribution is 5.42. The lowest BCUT2D eigenvalue weighted by Crippen LogP contribution is -2.11. The molecule has 114 valence electrons. The number of benzene rings is 1. The van der Waals surface area contributed by atoms with Crippen molar-refractivity contribution in [1.29, 1.82) is 0 Å². The summed E-state index contributed by atoms with van der Waals surface area (Å²) >= 11 is 0. The maximum atomic E-state index is 4.28. The summed E-state index contributed by atoms with van der Waals surface area (Å²) in [6.45, 7) is 7.49. The van der Waals surface area contributed by atoms with Crippen molar-refractivity contribution in [1.82, 2.24) is 25.3 Å². The third kappa shape index (κ3) is 3.21. The van der Waals surface area contributed by atoms with Crippen LogP contribution in [0.1, 0.15) is 31.9 Å². The van der Waals surface area contributed by atoms with Crippen LogP contribution in [0.15, 0.2) is 36.4 Å². The first-order chi connectivity index (χ1) is 10.5. The molecule has 2 aromatic heterocycles. The van der Waals surface area contributed by atoms with Crippen LogP contribution in [-0.4, -0.2) is 31.8 Å². The van der Waals surface area contributed by atoms with Gasteiger partial charge in [0, 0.05) is 6.54 Å². The number of nitrogens with zero attached hydrogens (tertiary/aromatic N) is 5. The summed E-state index contributed by atoms with van der Waals surface area (Å²) in [6, 6.07) is 12.5. The van der Waals surface area contributed by atoms with Crippen LogP contribution in [-0.2, 0) is 11.8 Å². The number of rotatable bonds is 4. The second kappa shape index (κ2) is 5.71. The van der Waals surface area contributed by atoms with E-state index in [0.29, 0.717) is 5.65 Å². The minimum absolute atomic E-state index is 0.196. The fourth-order valence-electron chi connectivity index (χ4n) is 2.25. The molecule has 6 nitrogen and oxygen atoms in total. The minimum Gasteiger partial charge on any atom is -0.368 e. The van der Waals surface area contributed by atoms with E-state index in [-0.39, 0.29) is 5.41 Å². The van der Waals surface area contributed by atoms with Crippen molar-refractivity contribution in [3.05, 3.63) is 47.5 Å². The Kier molecular flexibility index (Phi) is 3.75. The molecule has 0 radical (unpaired) electrons. The normalized spacial score (nSPS) is 11.8. The number of nitrogens with one attached hydrogen (secondary N) is 1. The highest BCUT2D eigenvalue weighted by Crippen LogP contribution is 2.22. The van der Waals surface area contributed by atoms with Crippen LogP contribution < -0.4 is 5.32 Å². The van der Waals surface area contributed by atoms with Gasteiger partial charge in [-0.25, -0.2) is 0 Å². The molecule has 0 fully saturated rings. The van der Waals surface area contributed by atoms with E-state index in [1.54, 1.807) is 0 Å². The van der Waals surface area contributed by atoms with Crippen molar-refractivity contribution in [2.24, 2.45) is 0 Å². The van der Waals surface area contributed by atoms with Crippen LogP contribution in [0.2, 0.25) is 0 Å². The van der Waals surface area contributed by atoms with Gasteiger partial charge < -0.3 is 5.32 Å². The summed E-state index contributed by atoms with van der Waals surface area (Å²) in [5.41, 5.74) is 3.50. The first-order valence-corrected chi connectivity index (χ1v) is 7.41.